The number of carbonyl (C=O) groups is 1. The van der Waals surface area contributed by atoms with Gasteiger partial charge in [-0.05, 0) is 31.5 Å². The number of piperazine rings is 1. The number of aryl methyl sites for hydroxylation is 2. The molecule has 0 saturated carbocycles. The zero-order chi connectivity index (χ0) is 21.5. The van der Waals surface area contributed by atoms with Crippen molar-refractivity contribution in [2.75, 3.05) is 26.2 Å². The highest BCUT2D eigenvalue weighted by atomic mass is 19.4. The van der Waals surface area contributed by atoms with Gasteiger partial charge in [0.25, 0.3) is 11.7 Å². The second-order valence-corrected chi connectivity index (χ2v) is 7.45. The highest BCUT2D eigenvalue weighted by Crippen LogP contribution is 2.29. The molecule has 3 heterocycles. The van der Waals surface area contributed by atoms with Crippen LogP contribution in [-0.4, -0.2) is 61.5 Å². The molecule has 0 bridgehead atoms. The zero-order valence-electron chi connectivity index (χ0n) is 16.6. The molecule has 3 aromatic rings. The number of rotatable bonds is 3. The number of benzene rings is 1. The SMILES string of the molecule is Cc1cc(C)n2nc(C(=O)N3CCN(Cc4cccc(C(F)(F)F)c4)CC3)nc2n1. The van der Waals surface area contributed by atoms with Crippen molar-refractivity contribution in [3.8, 4) is 0 Å². The molecule has 0 atom stereocenters. The highest BCUT2D eigenvalue weighted by Gasteiger charge is 2.31. The van der Waals surface area contributed by atoms with Crippen LogP contribution in [0.25, 0.3) is 5.78 Å². The summed E-state index contributed by atoms with van der Waals surface area (Å²) in [6.07, 6.45) is -4.35. The Labute approximate surface area is 171 Å². The molecule has 30 heavy (non-hydrogen) atoms. The van der Waals surface area contributed by atoms with E-state index < -0.39 is 11.7 Å². The van der Waals surface area contributed by atoms with Gasteiger partial charge >= 0.3 is 6.18 Å². The molecule has 10 heteroatoms. The minimum atomic E-state index is -4.35. The van der Waals surface area contributed by atoms with Crippen LogP contribution in [0.15, 0.2) is 30.3 Å². The summed E-state index contributed by atoms with van der Waals surface area (Å²) >= 11 is 0. The molecule has 1 fully saturated rings. The highest BCUT2D eigenvalue weighted by molar-refractivity contribution is 5.91. The van der Waals surface area contributed by atoms with E-state index in [1.165, 1.54) is 12.1 Å². The molecule has 158 valence electrons. The minimum absolute atomic E-state index is 0.0996. The summed E-state index contributed by atoms with van der Waals surface area (Å²) in [5, 5.41) is 4.28. The van der Waals surface area contributed by atoms with E-state index in [-0.39, 0.29) is 11.7 Å². The number of nitrogens with zero attached hydrogens (tertiary/aromatic N) is 6. The third kappa shape index (κ3) is 4.13. The van der Waals surface area contributed by atoms with Crippen LogP contribution >= 0.6 is 0 Å². The van der Waals surface area contributed by atoms with Crippen LogP contribution in [0.3, 0.4) is 0 Å². The molecule has 1 aliphatic rings. The van der Waals surface area contributed by atoms with Gasteiger partial charge in [0.1, 0.15) is 0 Å². The Morgan fingerprint density at radius 3 is 2.50 bits per heavy atom. The van der Waals surface area contributed by atoms with Gasteiger partial charge in [0, 0.05) is 44.1 Å². The molecule has 7 nitrogen and oxygen atoms in total. The van der Waals surface area contributed by atoms with Gasteiger partial charge in [0.15, 0.2) is 0 Å². The van der Waals surface area contributed by atoms with Gasteiger partial charge in [-0.1, -0.05) is 18.2 Å². The molecule has 4 rings (SSSR count). The quantitative estimate of drug-likeness (QED) is 0.654. The van der Waals surface area contributed by atoms with E-state index in [0.717, 1.165) is 17.5 Å². The Kier molecular flexibility index (Phi) is 5.19. The standard InChI is InChI=1S/C20H21F3N6O/c1-13-10-14(2)29-19(24-13)25-17(26-29)18(30)28-8-6-27(7-9-28)12-15-4-3-5-16(11-15)20(21,22)23/h3-5,10-11H,6-9,12H2,1-2H3. The average molecular weight is 418 g/mol. The van der Waals surface area contributed by atoms with E-state index in [1.807, 2.05) is 24.8 Å². The molecule has 0 spiro atoms. The molecule has 0 unspecified atom stereocenters. The predicted molar refractivity (Wildman–Crippen MR) is 103 cm³/mol. The van der Waals surface area contributed by atoms with E-state index in [1.54, 1.807) is 15.5 Å². The fraction of sp³-hybridized carbons (Fsp3) is 0.400. The Hall–Kier alpha value is -3.01. The van der Waals surface area contributed by atoms with Gasteiger partial charge < -0.3 is 4.90 Å². The monoisotopic (exact) mass is 418 g/mol. The zero-order valence-corrected chi connectivity index (χ0v) is 16.6. The Morgan fingerprint density at radius 2 is 1.80 bits per heavy atom. The molecular formula is C20H21F3N6O. The van der Waals surface area contributed by atoms with Crippen molar-refractivity contribution in [1.29, 1.82) is 0 Å². The number of fused-ring (bicyclic) bond motifs is 1. The number of carbonyl (C=O) groups excluding carboxylic acids is 1. The van der Waals surface area contributed by atoms with Crippen LogP contribution < -0.4 is 0 Å². The van der Waals surface area contributed by atoms with Crippen molar-refractivity contribution in [1.82, 2.24) is 29.4 Å². The Balaban J connectivity index is 1.40. The molecule has 1 aromatic carbocycles. The molecule has 0 radical (unpaired) electrons. The maximum Gasteiger partial charge on any atom is 0.416 e. The topological polar surface area (TPSA) is 66.6 Å². The fourth-order valence-electron chi connectivity index (χ4n) is 3.61. The summed E-state index contributed by atoms with van der Waals surface area (Å²) in [6, 6.07) is 7.22. The number of alkyl halides is 3. The minimum Gasteiger partial charge on any atom is -0.333 e. The van der Waals surface area contributed by atoms with E-state index >= 15 is 0 Å². The van der Waals surface area contributed by atoms with Crippen molar-refractivity contribution in [2.24, 2.45) is 0 Å². The number of halogens is 3. The van der Waals surface area contributed by atoms with E-state index in [0.29, 0.717) is 44.1 Å². The van der Waals surface area contributed by atoms with Crippen LogP contribution in [0, 0.1) is 13.8 Å². The summed E-state index contributed by atoms with van der Waals surface area (Å²) in [4.78, 5) is 25.1. The lowest BCUT2D eigenvalue weighted by atomic mass is 10.1. The van der Waals surface area contributed by atoms with Crippen molar-refractivity contribution in [2.45, 2.75) is 26.6 Å². The van der Waals surface area contributed by atoms with E-state index in [9.17, 15) is 18.0 Å². The van der Waals surface area contributed by atoms with Gasteiger partial charge in [0.2, 0.25) is 5.82 Å². The lowest BCUT2D eigenvalue weighted by Gasteiger charge is -2.34. The van der Waals surface area contributed by atoms with Gasteiger partial charge in [0.05, 0.1) is 5.56 Å². The molecular weight excluding hydrogens is 397 g/mol. The lowest BCUT2D eigenvalue weighted by Crippen LogP contribution is -2.48. The smallest absolute Gasteiger partial charge is 0.333 e. The first-order valence-electron chi connectivity index (χ1n) is 9.59. The van der Waals surface area contributed by atoms with Gasteiger partial charge in [-0.2, -0.15) is 18.2 Å². The Bertz CT molecular complexity index is 1090. The van der Waals surface area contributed by atoms with Crippen LogP contribution in [0.4, 0.5) is 13.2 Å². The second kappa shape index (κ2) is 7.67. The van der Waals surface area contributed by atoms with Crippen molar-refractivity contribution in [3.05, 3.63) is 58.7 Å². The van der Waals surface area contributed by atoms with Crippen molar-refractivity contribution < 1.29 is 18.0 Å². The summed E-state index contributed by atoms with van der Waals surface area (Å²) in [7, 11) is 0. The van der Waals surface area contributed by atoms with Crippen molar-refractivity contribution in [3.63, 3.8) is 0 Å². The first kappa shape index (κ1) is 20.3. The molecule has 1 aliphatic heterocycles. The number of amides is 1. The van der Waals surface area contributed by atoms with Crippen LogP contribution in [0.5, 0.6) is 0 Å². The molecule has 0 aliphatic carbocycles. The lowest BCUT2D eigenvalue weighted by molar-refractivity contribution is -0.137. The fourth-order valence-corrected chi connectivity index (χ4v) is 3.61. The number of aromatic nitrogens is 4. The summed E-state index contributed by atoms with van der Waals surface area (Å²) < 4.78 is 40.2. The predicted octanol–water partition coefficient (Wildman–Crippen LogP) is 2.72. The largest absolute Gasteiger partial charge is 0.416 e. The van der Waals surface area contributed by atoms with Crippen LogP contribution in [-0.2, 0) is 12.7 Å². The molecule has 1 saturated heterocycles. The summed E-state index contributed by atoms with van der Waals surface area (Å²) in [5.41, 5.74) is 1.60. The van der Waals surface area contributed by atoms with E-state index in [2.05, 4.69) is 15.1 Å². The summed E-state index contributed by atoms with van der Waals surface area (Å²) in [6.45, 7) is 6.17. The second-order valence-electron chi connectivity index (χ2n) is 7.45. The van der Waals surface area contributed by atoms with E-state index in [4.69, 9.17) is 0 Å². The molecule has 2 aromatic heterocycles. The summed E-state index contributed by atoms with van der Waals surface area (Å²) in [5.74, 6) is 0.220. The van der Waals surface area contributed by atoms with Gasteiger partial charge in [-0.15, -0.1) is 5.10 Å². The molecule has 1 amide bonds. The van der Waals surface area contributed by atoms with Gasteiger partial charge in [-0.3, -0.25) is 9.69 Å². The first-order valence-corrected chi connectivity index (χ1v) is 9.59. The maximum atomic E-state index is 12.9. The van der Waals surface area contributed by atoms with Gasteiger partial charge in [-0.25, -0.2) is 9.50 Å². The van der Waals surface area contributed by atoms with Crippen LogP contribution in [0.1, 0.15) is 33.1 Å². The number of hydrogen-bond acceptors (Lipinski definition) is 5. The Morgan fingerprint density at radius 1 is 1.07 bits per heavy atom. The molecule has 0 N–H and O–H groups in total. The number of hydrogen-bond donors (Lipinski definition) is 0. The third-order valence-electron chi connectivity index (χ3n) is 5.13. The maximum absolute atomic E-state index is 12.9. The normalized spacial score (nSPS) is 15.7. The van der Waals surface area contributed by atoms with Crippen molar-refractivity contribution >= 4 is 11.7 Å². The first-order chi connectivity index (χ1) is 14.2. The average Bonchev–Trinajstić information content (AvgIpc) is 3.12. The van der Waals surface area contributed by atoms with Crippen LogP contribution in [0.2, 0.25) is 0 Å². The third-order valence-corrected chi connectivity index (χ3v) is 5.13.